The van der Waals surface area contributed by atoms with Crippen molar-refractivity contribution in [2.45, 2.75) is 11.6 Å². The highest BCUT2D eigenvalue weighted by atomic mass is 31.2. The van der Waals surface area contributed by atoms with E-state index in [9.17, 15) is 29.1 Å². The molecule has 8 nitrogen and oxygen atoms in total. The second-order valence-electron chi connectivity index (χ2n) is 6.72. The Balaban J connectivity index is 2.09. The van der Waals surface area contributed by atoms with Gasteiger partial charge in [-0.15, -0.1) is 0 Å². The minimum absolute atomic E-state index is 0.0930. The first-order valence-electron chi connectivity index (χ1n) is 8.64. The summed E-state index contributed by atoms with van der Waals surface area (Å²) in [4.78, 5) is 20.1. The molecule has 6 N–H and O–H groups in total. The summed E-state index contributed by atoms with van der Waals surface area (Å²) < 4.78 is 24.5. The molecule has 0 aromatic heterocycles. The van der Waals surface area contributed by atoms with Crippen molar-refractivity contribution in [2.24, 2.45) is 0 Å². The molecule has 0 fully saturated rings. The Labute approximate surface area is 164 Å². The first-order chi connectivity index (χ1) is 13.0. The van der Waals surface area contributed by atoms with Gasteiger partial charge in [-0.05, 0) is 12.1 Å². The van der Waals surface area contributed by atoms with E-state index >= 15 is 0 Å². The molecule has 0 amide bonds. The first kappa shape index (κ1) is 22.6. The SMILES string of the molecule is CP(=O)(O)C(NCCNC(c1ccccc1O)P(C)(=O)O)c1ccccc1O. The van der Waals surface area contributed by atoms with Gasteiger partial charge in [-0.2, -0.15) is 0 Å². The maximum absolute atomic E-state index is 12.3. The van der Waals surface area contributed by atoms with Crippen LogP contribution >= 0.6 is 14.7 Å². The fourth-order valence-electron chi connectivity index (χ4n) is 2.93. The second kappa shape index (κ2) is 9.23. The lowest BCUT2D eigenvalue weighted by molar-refractivity contribution is 0.425. The van der Waals surface area contributed by atoms with Crippen LogP contribution in [0, 0.1) is 0 Å². The molecule has 0 heterocycles. The smallest absolute Gasteiger partial charge is 0.218 e. The maximum atomic E-state index is 12.3. The fraction of sp³-hybridized carbons (Fsp3) is 0.333. The van der Waals surface area contributed by atoms with Crippen LogP contribution in [0.4, 0.5) is 0 Å². The van der Waals surface area contributed by atoms with Crippen LogP contribution in [0.2, 0.25) is 0 Å². The maximum Gasteiger partial charge on any atom is 0.218 e. The van der Waals surface area contributed by atoms with E-state index in [0.717, 1.165) is 0 Å². The average Bonchev–Trinajstić information content (AvgIpc) is 2.58. The van der Waals surface area contributed by atoms with Gasteiger partial charge in [0, 0.05) is 37.5 Å². The molecule has 2 aromatic rings. The molecule has 0 bridgehead atoms. The average molecular weight is 428 g/mol. The monoisotopic (exact) mass is 428 g/mol. The Kier molecular flexibility index (Phi) is 7.46. The van der Waals surface area contributed by atoms with Crippen LogP contribution in [0.25, 0.3) is 0 Å². The Hall–Kier alpha value is -1.66. The number of aromatic hydroxyl groups is 2. The van der Waals surface area contributed by atoms with E-state index in [1.807, 2.05) is 0 Å². The zero-order valence-corrected chi connectivity index (χ0v) is 17.5. The largest absolute Gasteiger partial charge is 0.508 e. The number of phenols is 2. The van der Waals surface area contributed by atoms with E-state index in [4.69, 9.17) is 0 Å². The van der Waals surface area contributed by atoms with Gasteiger partial charge in [0.1, 0.15) is 23.1 Å². The molecule has 0 aliphatic carbocycles. The van der Waals surface area contributed by atoms with Crippen molar-refractivity contribution in [3.8, 4) is 11.5 Å². The van der Waals surface area contributed by atoms with Gasteiger partial charge in [0.15, 0.2) is 0 Å². The minimum atomic E-state index is -3.63. The molecule has 0 spiro atoms. The first-order valence-corrected chi connectivity index (χ1v) is 13.0. The number of para-hydroxylation sites is 2. The topological polar surface area (TPSA) is 139 Å². The fourth-order valence-corrected chi connectivity index (χ4v) is 5.33. The summed E-state index contributed by atoms with van der Waals surface area (Å²) in [6, 6.07) is 12.5. The van der Waals surface area contributed by atoms with Gasteiger partial charge in [-0.25, -0.2) is 0 Å². The standard InChI is InChI=1S/C18H26N2O6P2/c1-27(23,24)17(13-7-3-5-9-15(13)21)19-11-12-20-18(28(2,25)26)14-8-4-6-10-16(14)22/h3-10,17-22H,11-12H2,1-2H3,(H,23,24)(H,25,26). The van der Waals surface area contributed by atoms with Crippen LogP contribution in [-0.2, 0) is 9.13 Å². The van der Waals surface area contributed by atoms with E-state index in [-0.39, 0.29) is 24.6 Å². The van der Waals surface area contributed by atoms with Crippen LogP contribution in [0.5, 0.6) is 11.5 Å². The van der Waals surface area contributed by atoms with Crippen molar-refractivity contribution < 1.29 is 29.1 Å². The molecule has 0 radical (unpaired) electrons. The molecule has 28 heavy (non-hydrogen) atoms. The van der Waals surface area contributed by atoms with E-state index in [1.165, 1.54) is 25.5 Å². The third-order valence-corrected chi connectivity index (χ3v) is 7.06. The molecule has 2 aromatic carbocycles. The van der Waals surface area contributed by atoms with Gasteiger partial charge in [0.05, 0.1) is 0 Å². The lowest BCUT2D eigenvalue weighted by Crippen LogP contribution is -2.32. The van der Waals surface area contributed by atoms with Gasteiger partial charge in [0.25, 0.3) is 0 Å². The molecule has 154 valence electrons. The molecule has 0 saturated heterocycles. The highest BCUT2D eigenvalue weighted by Gasteiger charge is 2.31. The van der Waals surface area contributed by atoms with E-state index < -0.39 is 26.3 Å². The third kappa shape index (κ3) is 5.92. The zero-order valence-electron chi connectivity index (χ0n) is 15.7. The number of hydrogen-bond acceptors (Lipinski definition) is 6. The Morgan fingerprint density at radius 2 is 1.07 bits per heavy atom. The molecule has 4 atom stereocenters. The highest BCUT2D eigenvalue weighted by molar-refractivity contribution is 7.57. The second-order valence-corrected chi connectivity index (χ2v) is 11.5. The van der Waals surface area contributed by atoms with Crippen molar-refractivity contribution in [3.05, 3.63) is 59.7 Å². The third-order valence-electron chi connectivity index (χ3n) is 4.22. The van der Waals surface area contributed by atoms with E-state index in [0.29, 0.717) is 11.1 Å². The molecule has 2 rings (SSSR count). The molecule has 0 aliphatic heterocycles. The number of benzene rings is 2. The Morgan fingerprint density at radius 1 is 0.750 bits per heavy atom. The summed E-state index contributed by atoms with van der Waals surface area (Å²) in [5, 5.41) is 25.8. The number of hydrogen-bond donors (Lipinski definition) is 6. The van der Waals surface area contributed by atoms with Crippen LogP contribution in [-0.4, -0.2) is 46.4 Å². The molecule has 10 heteroatoms. The van der Waals surface area contributed by atoms with Crippen LogP contribution in [0.1, 0.15) is 22.7 Å². The quantitative estimate of drug-likeness (QED) is 0.265. The van der Waals surface area contributed by atoms with Crippen molar-refractivity contribution in [1.82, 2.24) is 10.6 Å². The van der Waals surface area contributed by atoms with Crippen molar-refractivity contribution in [2.75, 3.05) is 26.4 Å². The minimum Gasteiger partial charge on any atom is -0.508 e. The van der Waals surface area contributed by atoms with E-state index in [2.05, 4.69) is 10.6 Å². The summed E-state index contributed by atoms with van der Waals surface area (Å²) in [6.45, 7) is 2.76. The molecule has 4 unspecified atom stereocenters. The predicted molar refractivity (Wildman–Crippen MR) is 109 cm³/mol. The number of nitrogens with one attached hydrogen (secondary N) is 2. The van der Waals surface area contributed by atoms with Gasteiger partial charge in [0.2, 0.25) is 14.7 Å². The van der Waals surface area contributed by atoms with Gasteiger partial charge < -0.3 is 30.6 Å². The predicted octanol–water partition coefficient (Wildman–Crippen LogP) is 2.77. The summed E-state index contributed by atoms with van der Waals surface area (Å²) in [5.41, 5.74) is 0.604. The lowest BCUT2D eigenvalue weighted by atomic mass is 10.2. The Bertz CT molecular complexity index is 822. The summed E-state index contributed by atoms with van der Waals surface area (Å²) in [6.07, 6.45) is 0. The molecule has 0 saturated carbocycles. The lowest BCUT2D eigenvalue weighted by Gasteiger charge is -2.25. The van der Waals surface area contributed by atoms with Crippen molar-refractivity contribution in [1.29, 1.82) is 0 Å². The molecule has 0 aliphatic rings. The van der Waals surface area contributed by atoms with Crippen LogP contribution in [0.3, 0.4) is 0 Å². The normalized spacial score (nSPS) is 18.0. The summed E-state index contributed by atoms with van der Waals surface area (Å²) in [5.74, 6) is -2.16. The van der Waals surface area contributed by atoms with Crippen molar-refractivity contribution in [3.63, 3.8) is 0 Å². The number of phenolic OH excluding ortho intramolecular Hbond substituents is 2. The number of rotatable bonds is 9. The van der Waals surface area contributed by atoms with Gasteiger partial charge >= 0.3 is 0 Å². The highest BCUT2D eigenvalue weighted by Crippen LogP contribution is 2.53. The van der Waals surface area contributed by atoms with Gasteiger partial charge in [-0.3, -0.25) is 9.13 Å². The van der Waals surface area contributed by atoms with Crippen LogP contribution in [0.15, 0.2) is 48.5 Å². The molecular formula is C18H26N2O6P2. The van der Waals surface area contributed by atoms with Gasteiger partial charge in [-0.1, -0.05) is 36.4 Å². The van der Waals surface area contributed by atoms with Crippen LogP contribution < -0.4 is 10.6 Å². The zero-order chi connectivity index (χ0) is 20.9. The Morgan fingerprint density at radius 3 is 1.36 bits per heavy atom. The molecular weight excluding hydrogens is 402 g/mol. The summed E-state index contributed by atoms with van der Waals surface area (Å²) >= 11 is 0. The van der Waals surface area contributed by atoms with E-state index in [1.54, 1.807) is 36.4 Å². The summed E-state index contributed by atoms with van der Waals surface area (Å²) in [7, 11) is -7.26. The van der Waals surface area contributed by atoms with Crippen molar-refractivity contribution >= 4 is 14.7 Å².